The van der Waals surface area contributed by atoms with Gasteiger partial charge in [-0.2, -0.15) is 0 Å². The SMILES string of the molecule is CCCCC/C=C\CCCCCC/C=C\CCCCC(O)(C[N+](C)(C)C)P(=O)(O)O. The molecule has 0 bridgehead atoms. The summed E-state index contributed by atoms with van der Waals surface area (Å²) in [5, 5.41) is 8.58. The van der Waals surface area contributed by atoms with Gasteiger partial charge in [0, 0.05) is 0 Å². The molecule has 178 valence electrons. The van der Waals surface area contributed by atoms with Crippen molar-refractivity contribution in [2.75, 3.05) is 27.7 Å². The van der Waals surface area contributed by atoms with Crippen LogP contribution in [0.2, 0.25) is 0 Å². The molecule has 5 nitrogen and oxygen atoms in total. The Kier molecular flexibility index (Phi) is 16.0. The zero-order valence-electron chi connectivity index (χ0n) is 20.1. The van der Waals surface area contributed by atoms with Crippen LogP contribution in [-0.4, -0.2) is 52.4 Å². The van der Waals surface area contributed by atoms with Crippen LogP contribution in [0.1, 0.15) is 96.8 Å². The van der Waals surface area contributed by atoms with E-state index in [2.05, 4.69) is 31.2 Å². The molecule has 0 aliphatic carbocycles. The fraction of sp³-hybridized carbons (Fsp3) is 0.833. The highest BCUT2D eigenvalue weighted by molar-refractivity contribution is 7.53. The smallest absolute Gasteiger partial charge is 0.362 e. The Bertz CT molecular complexity index is 522. The minimum atomic E-state index is -4.56. The van der Waals surface area contributed by atoms with Gasteiger partial charge in [-0.25, -0.2) is 0 Å². The first-order chi connectivity index (χ1) is 14.0. The summed E-state index contributed by atoms with van der Waals surface area (Å²) in [6.07, 6.45) is 24.1. The van der Waals surface area contributed by atoms with E-state index in [-0.39, 0.29) is 13.0 Å². The maximum Gasteiger partial charge on any atom is 0.362 e. The quantitative estimate of drug-likeness (QED) is 0.0962. The molecule has 0 rings (SSSR count). The summed E-state index contributed by atoms with van der Waals surface area (Å²) < 4.78 is 12.1. The van der Waals surface area contributed by atoms with E-state index in [4.69, 9.17) is 0 Å². The Labute approximate surface area is 186 Å². The monoisotopic (exact) mass is 446 g/mol. The van der Waals surface area contributed by atoms with Crippen LogP contribution in [0.3, 0.4) is 0 Å². The van der Waals surface area contributed by atoms with E-state index in [0.717, 1.165) is 19.3 Å². The molecule has 0 saturated carbocycles. The third kappa shape index (κ3) is 16.3. The minimum absolute atomic E-state index is 0.0434. The lowest BCUT2D eigenvalue weighted by Crippen LogP contribution is -2.49. The van der Waals surface area contributed by atoms with Gasteiger partial charge in [0.25, 0.3) is 0 Å². The average molecular weight is 447 g/mol. The van der Waals surface area contributed by atoms with Crippen molar-refractivity contribution in [2.24, 2.45) is 0 Å². The second-order valence-corrected chi connectivity index (χ2v) is 11.6. The predicted octanol–water partition coefficient (Wildman–Crippen LogP) is 6.15. The van der Waals surface area contributed by atoms with Crippen molar-refractivity contribution in [1.29, 1.82) is 0 Å². The summed E-state index contributed by atoms with van der Waals surface area (Å²) in [5.74, 6) is 0. The molecule has 0 aliphatic rings. The van der Waals surface area contributed by atoms with Crippen molar-refractivity contribution in [3.8, 4) is 0 Å². The van der Waals surface area contributed by atoms with Crippen molar-refractivity contribution < 1.29 is 23.9 Å². The van der Waals surface area contributed by atoms with Gasteiger partial charge in [0.1, 0.15) is 6.54 Å². The Morgan fingerprint density at radius 3 is 1.50 bits per heavy atom. The van der Waals surface area contributed by atoms with Crippen molar-refractivity contribution in [2.45, 2.75) is 102 Å². The summed E-state index contributed by atoms with van der Waals surface area (Å²) in [6, 6.07) is 0. The van der Waals surface area contributed by atoms with Crippen LogP contribution in [-0.2, 0) is 4.57 Å². The molecule has 30 heavy (non-hydrogen) atoms. The summed E-state index contributed by atoms with van der Waals surface area (Å²) in [7, 11) is 0.927. The molecule has 0 saturated heterocycles. The maximum atomic E-state index is 11.8. The number of nitrogens with zero attached hydrogens (tertiary/aromatic N) is 1. The highest BCUT2D eigenvalue weighted by Crippen LogP contribution is 2.52. The highest BCUT2D eigenvalue weighted by atomic mass is 31.2. The van der Waals surface area contributed by atoms with E-state index >= 15 is 0 Å². The molecular formula is C24H49NO4P+. The third-order valence-electron chi connectivity index (χ3n) is 5.27. The van der Waals surface area contributed by atoms with Crippen molar-refractivity contribution in [3.05, 3.63) is 24.3 Å². The fourth-order valence-electron chi connectivity index (χ4n) is 3.61. The Morgan fingerprint density at radius 2 is 1.13 bits per heavy atom. The predicted molar refractivity (Wildman–Crippen MR) is 128 cm³/mol. The van der Waals surface area contributed by atoms with Crippen LogP contribution < -0.4 is 0 Å². The van der Waals surface area contributed by atoms with Crippen LogP contribution in [0.5, 0.6) is 0 Å². The number of hydrogen-bond acceptors (Lipinski definition) is 2. The zero-order valence-corrected chi connectivity index (χ0v) is 21.0. The third-order valence-corrected chi connectivity index (χ3v) is 6.72. The number of unbranched alkanes of at least 4 members (excludes halogenated alkanes) is 10. The van der Waals surface area contributed by atoms with Crippen LogP contribution >= 0.6 is 7.60 Å². The summed E-state index contributed by atoms with van der Waals surface area (Å²) in [4.78, 5) is 19.1. The van der Waals surface area contributed by atoms with Crippen molar-refractivity contribution in [1.82, 2.24) is 0 Å². The molecule has 0 amide bonds. The molecular weight excluding hydrogens is 397 g/mol. The maximum absolute atomic E-state index is 11.8. The first kappa shape index (κ1) is 29.5. The van der Waals surface area contributed by atoms with Crippen LogP contribution in [0, 0.1) is 0 Å². The van der Waals surface area contributed by atoms with Gasteiger partial charge in [0.05, 0.1) is 21.1 Å². The molecule has 6 heteroatoms. The summed E-state index contributed by atoms with van der Waals surface area (Å²) >= 11 is 0. The van der Waals surface area contributed by atoms with Gasteiger partial charge in [-0.15, -0.1) is 0 Å². The van der Waals surface area contributed by atoms with E-state index in [9.17, 15) is 19.5 Å². The zero-order chi connectivity index (χ0) is 22.9. The first-order valence-electron chi connectivity index (χ1n) is 11.9. The highest BCUT2D eigenvalue weighted by Gasteiger charge is 2.48. The second-order valence-electron chi connectivity index (χ2n) is 9.65. The molecule has 1 unspecified atom stereocenters. The standard InChI is InChI=1S/C24H48NO4P/c1-5-6-7-8-9-10-11-12-13-14-15-16-17-18-19-20-21-22-24(26,30(27,28)29)23-25(2,3)4/h9-10,17-18,26H,5-8,11-16,19-23H2,1-4H3,(H-,27,28,29)/p+1/b10-9-,18-17-. The van der Waals surface area contributed by atoms with Crippen molar-refractivity contribution in [3.63, 3.8) is 0 Å². The fourth-order valence-corrected chi connectivity index (χ4v) is 4.67. The molecule has 0 aromatic carbocycles. The average Bonchev–Trinajstić information content (AvgIpc) is 2.62. The Hall–Kier alpha value is -0.450. The van der Waals surface area contributed by atoms with E-state index in [1.807, 2.05) is 21.1 Å². The van der Waals surface area contributed by atoms with Crippen LogP contribution in [0.25, 0.3) is 0 Å². The Balaban J connectivity index is 3.76. The topological polar surface area (TPSA) is 77.8 Å². The molecule has 3 N–H and O–H groups in total. The van der Waals surface area contributed by atoms with Crippen LogP contribution in [0.4, 0.5) is 0 Å². The Morgan fingerprint density at radius 1 is 0.733 bits per heavy atom. The normalized spacial score (nSPS) is 15.3. The van der Waals surface area contributed by atoms with Gasteiger partial charge < -0.3 is 19.4 Å². The molecule has 0 heterocycles. The number of quaternary nitrogens is 1. The molecule has 1 atom stereocenters. The van der Waals surface area contributed by atoms with Crippen LogP contribution in [0.15, 0.2) is 24.3 Å². The molecule has 0 fully saturated rings. The van der Waals surface area contributed by atoms with Gasteiger partial charge in [-0.05, 0) is 64.2 Å². The van der Waals surface area contributed by atoms with E-state index in [0.29, 0.717) is 10.9 Å². The van der Waals surface area contributed by atoms with Gasteiger partial charge in [-0.3, -0.25) is 4.57 Å². The van der Waals surface area contributed by atoms with E-state index < -0.39 is 12.9 Å². The molecule has 0 radical (unpaired) electrons. The van der Waals surface area contributed by atoms with Gasteiger partial charge in [0.15, 0.2) is 0 Å². The number of hydrogen-bond donors (Lipinski definition) is 3. The summed E-state index contributed by atoms with van der Waals surface area (Å²) in [6.45, 7) is 2.28. The summed E-state index contributed by atoms with van der Waals surface area (Å²) in [5.41, 5.74) is 0. The largest absolute Gasteiger partial charge is 0.373 e. The second kappa shape index (κ2) is 16.2. The molecule has 0 aromatic heterocycles. The van der Waals surface area contributed by atoms with E-state index in [1.165, 1.54) is 57.8 Å². The lowest BCUT2D eigenvalue weighted by molar-refractivity contribution is -0.875. The van der Waals surface area contributed by atoms with E-state index in [1.54, 1.807) is 0 Å². The number of allylic oxidation sites excluding steroid dienone is 4. The van der Waals surface area contributed by atoms with Gasteiger partial charge >= 0.3 is 7.60 Å². The van der Waals surface area contributed by atoms with Crippen molar-refractivity contribution >= 4 is 7.60 Å². The lowest BCUT2D eigenvalue weighted by atomic mass is 10.1. The molecule has 0 spiro atoms. The van der Waals surface area contributed by atoms with Gasteiger partial charge in [-0.1, -0.05) is 56.9 Å². The number of rotatable bonds is 19. The number of likely N-dealkylation sites (N-methyl/N-ethyl adjacent to an activating group) is 1. The lowest BCUT2D eigenvalue weighted by Gasteiger charge is -2.35. The molecule has 0 aromatic rings. The number of aliphatic hydroxyl groups is 1. The molecule has 0 aliphatic heterocycles. The first-order valence-corrected chi connectivity index (χ1v) is 13.5. The minimum Gasteiger partial charge on any atom is -0.373 e. The van der Waals surface area contributed by atoms with Gasteiger partial charge in [0.2, 0.25) is 5.34 Å².